The number of hydrogen-bond donors (Lipinski definition) is 0. The van der Waals surface area contributed by atoms with E-state index in [1.54, 1.807) is 6.20 Å². The van der Waals surface area contributed by atoms with Crippen molar-refractivity contribution in [3.05, 3.63) is 41.2 Å². The first-order chi connectivity index (χ1) is 5.79. The van der Waals surface area contributed by atoms with Gasteiger partial charge in [-0.15, -0.1) is 0 Å². The second-order valence-corrected chi connectivity index (χ2v) is 3.20. The highest BCUT2D eigenvalue weighted by atomic mass is 35.5. The van der Waals surface area contributed by atoms with E-state index < -0.39 is 0 Å². The van der Waals surface area contributed by atoms with E-state index in [0.717, 1.165) is 15.8 Å². The molecule has 1 aromatic carbocycles. The van der Waals surface area contributed by atoms with Crippen LogP contribution in [0.4, 0.5) is 0 Å². The highest BCUT2D eigenvalue weighted by molar-refractivity contribution is 6.35. The zero-order valence-corrected chi connectivity index (χ0v) is 7.47. The molecule has 60 valence electrons. The Bertz CT molecular complexity index is 382. The SMILES string of the molecule is Cc1cccc2c(Cl)cncc12. The third kappa shape index (κ3) is 1.07. The molecule has 0 amide bonds. The monoisotopic (exact) mass is 177 g/mol. The molecule has 12 heavy (non-hydrogen) atoms. The second kappa shape index (κ2) is 2.76. The first-order valence-corrected chi connectivity index (χ1v) is 4.15. The van der Waals surface area contributed by atoms with Gasteiger partial charge in [0, 0.05) is 23.2 Å². The fraction of sp³-hybridized carbons (Fsp3) is 0.100. The van der Waals surface area contributed by atoms with Crippen molar-refractivity contribution in [2.45, 2.75) is 6.92 Å². The van der Waals surface area contributed by atoms with E-state index in [4.69, 9.17) is 11.6 Å². The van der Waals surface area contributed by atoms with Crippen LogP contribution in [0.15, 0.2) is 30.6 Å². The van der Waals surface area contributed by atoms with Crippen LogP contribution in [0.3, 0.4) is 0 Å². The van der Waals surface area contributed by atoms with E-state index in [0.29, 0.717) is 0 Å². The number of benzene rings is 1. The van der Waals surface area contributed by atoms with Gasteiger partial charge >= 0.3 is 0 Å². The lowest BCUT2D eigenvalue weighted by Crippen LogP contribution is -1.80. The maximum Gasteiger partial charge on any atom is 0.0667 e. The highest BCUT2D eigenvalue weighted by Crippen LogP contribution is 2.23. The molecule has 1 nitrogen and oxygen atoms in total. The molecule has 0 aliphatic carbocycles. The highest BCUT2D eigenvalue weighted by Gasteiger charge is 1.99. The van der Waals surface area contributed by atoms with E-state index in [2.05, 4.69) is 18.0 Å². The maximum atomic E-state index is 5.97. The Kier molecular flexibility index (Phi) is 1.74. The van der Waals surface area contributed by atoms with Crippen LogP contribution < -0.4 is 0 Å². The third-order valence-corrected chi connectivity index (χ3v) is 2.27. The smallest absolute Gasteiger partial charge is 0.0667 e. The number of aryl methyl sites for hydroxylation is 1. The van der Waals surface area contributed by atoms with Gasteiger partial charge in [-0.2, -0.15) is 0 Å². The molecule has 0 radical (unpaired) electrons. The first kappa shape index (κ1) is 7.56. The van der Waals surface area contributed by atoms with Crippen LogP contribution in [0.1, 0.15) is 5.56 Å². The van der Waals surface area contributed by atoms with Crippen LogP contribution in [-0.4, -0.2) is 4.98 Å². The minimum Gasteiger partial charge on any atom is -0.262 e. The number of rotatable bonds is 0. The fourth-order valence-corrected chi connectivity index (χ4v) is 1.53. The van der Waals surface area contributed by atoms with Crippen molar-refractivity contribution in [1.29, 1.82) is 0 Å². The Balaban J connectivity index is 2.94. The fourth-order valence-electron chi connectivity index (χ4n) is 1.31. The summed E-state index contributed by atoms with van der Waals surface area (Å²) in [6.45, 7) is 2.06. The molecule has 0 spiro atoms. The van der Waals surface area contributed by atoms with E-state index in [1.807, 2.05) is 18.3 Å². The van der Waals surface area contributed by atoms with Crippen LogP contribution in [-0.2, 0) is 0 Å². The van der Waals surface area contributed by atoms with Gasteiger partial charge in [0.25, 0.3) is 0 Å². The maximum absolute atomic E-state index is 5.97. The number of hydrogen-bond acceptors (Lipinski definition) is 1. The largest absolute Gasteiger partial charge is 0.262 e. The van der Waals surface area contributed by atoms with Gasteiger partial charge in [0.1, 0.15) is 0 Å². The Hall–Kier alpha value is -1.08. The second-order valence-electron chi connectivity index (χ2n) is 2.79. The predicted molar refractivity (Wildman–Crippen MR) is 51.5 cm³/mol. The topological polar surface area (TPSA) is 12.9 Å². The summed E-state index contributed by atoms with van der Waals surface area (Å²) in [5.74, 6) is 0. The molecule has 0 N–H and O–H groups in total. The lowest BCUT2D eigenvalue weighted by molar-refractivity contribution is 1.35. The molecule has 0 saturated carbocycles. The minimum atomic E-state index is 0.719. The molecule has 0 bridgehead atoms. The summed E-state index contributed by atoms with van der Waals surface area (Å²) in [6.07, 6.45) is 3.51. The number of halogens is 1. The number of aromatic nitrogens is 1. The summed E-state index contributed by atoms with van der Waals surface area (Å²) in [5, 5.41) is 2.92. The molecule has 2 heteroatoms. The average molecular weight is 178 g/mol. The van der Waals surface area contributed by atoms with Crippen molar-refractivity contribution in [2.24, 2.45) is 0 Å². The van der Waals surface area contributed by atoms with Crippen molar-refractivity contribution in [3.63, 3.8) is 0 Å². The van der Waals surface area contributed by atoms with Gasteiger partial charge in [0.05, 0.1) is 5.02 Å². The van der Waals surface area contributed by atoms with E-state index in [9.17, 15) is 0 Å². The summed E-state index contributed by atoms with van der Waals surface area (Å²) in [5.41, 5.74) is 1.21. The zero-order chi connectivity index (χ0) is 8.55. The number of fused-ring (bicyclic) bond motifs is 1. The Morgan fingerprint density at radius 3 is 2.75 bits per heavy atom. The zero-order valence-electron chi connectivity index (χ0n) is 6.71. The van der Waals surface area contributed by atoms with Gasteiger partial charge in [0.2, 0.25) is 0 Å². The molecule has 0 atom stereocenters. The molecule has 0 saturated heterocycles. The summed E-state index contributed by atoms with van der Waals surface area (Å²) in [7, 11) is 0. The summed E-state index contributed by atoms with van der Waals surface area (Å²) in [4.78, 5) is 4.04. The van der Waals surface area contributed by atoms with Crippen LogP contribution in [0.25, 0.3) is 10.8 Å². The van der Waals surface area contributed by atoms with E-state index in [1.165, 1.54) is 5.56 Å². The molecule has 0 unspecified atom stereocenters. The predicted octanol–water partition coefficient (Wildman–Crippen LogP) is 3.20. The average Bonchev–Trinajstić information content (AvgIpc) is 2.07. The van der Waals surface area contributed by atoms with Gasteiger partial charge in [-0.1, -0.05) is 29.8 Å². The lowest BCUT2D eigenvalue weighted by atomic mass is 10.1. The van der Waals surface area contributed by atoms with Crippen molar-refractivity contribution >= 4 is 22.4 Å². The normalized spacial score (nSPS) is 10.5. The Morgan fingerprint density at radius 2 is 2.00 bits per heavy atom. The number of pyridine rings is 1. The Labute approximate surface area is 76.0 Å². The van der Waals surface area contributed by atoms with Crippen LogP contribution in [0.2, 0.25) is 5.02 Å². The third-order valence-electron chi connectivity index (χ3n) is 1.97. The van der Waals surface area contributed by atoms with Gasteiger partial charge in [-0.05, 0) is 12.5 Å². The quantitative estimate of drug-likeness (QED) is 0.602. The van der Waals surface area contributed by atoms with Gasteiger partial charge in [0.15, 0.2) is 0 Å². The van der Waals surface area contributed by atoms with Crippen LogP contribution >= 0.6 is 11.6 Å². The molecule has 0 aliphatic rings. The molecule has 0 fully saturated rings. The van der Waals surface area contributed by atoms with E-state index in [-0.39, 0.29) is 0 Å². The Morgan fingerprint density at radius 1 is 1.17 bits per heavy atom. The van der Waals surface area contributed by atoms with Crippen molar-refractivity contribution in [2.75, 3.05) is 0 Å². The van der Waals surface area contributed by atoms with Crippen LogP contribution in [0, 0.1) is 6.92 Å². The molecule has 1 heterocycles. The van der Waals surface area contributed by atoms with E-state index >= 15 is 0 Å². The first-order valence-electron chi connectivity index (χ1n) is 3.78. The van der Waals surface area contributed by atoms with Gasteiger partial charge < -0.3 is 0 Å². The summed E-state index contributed by atoms with van der Waals surface area (Å²) < 4.78 is 0. The van der Waals surface area contributed by atoms with Gasteiger partial charge in [-0.25, -0.2) is 0 Å². The van der Waals surface area contributed by atoms with Crippen molar-refractivity contribution in [1.82, 2.24) is 4.98 Å². The molecular weight excluding hydrogens is 170 g/mol. The number of nitrogens with zero attached hydrogens (tertiary/aromatic N) is 1. The molecule has 2 rings (SSSR count). The van der Waals surface area contributed by atoms with Gasteiger partial charge in [-0.3, -0.25) is 4.98 Å². The molecule has 1 aromatic heterocycles. The lowest BCUT2D eigenvalue weighted by Gasteiger charge is -2.01. The molecule has 0 aliphatic heterocycles. The summed E-state index contributed by atoms with van der Waals surface area (Å²) in [6, 6.07) is 6.07. The standard InChI is InChI=1S/C10H8ClN/c1-7-3-2-4-8-9(7)5-12-6-10(8)11/h2-6H,1H3. The van der Waals surface area contributed by atoms with Crippen molar-refractivity contribution in [3.8, 4) is 0 Å². The van der Waals surface area contributed by atoms with Crippen molar-refractivity contribution < 1.29 is 0 Å². The van der Waals surface area contributed by atoms with Crippen LogP contribution in [0.5, 0.6) is 0 Å². The minimum absolute atomic E-state index is 0.719. The molecule has 2 aromatic rings. The molecular formula is C10H8ClN. The summed E-state index contributed by atoms with van der Waals surface area (Å²) >= 11 is 5.97.